The molecule has 1 nitrogen and oxygen atoms in total. The number of hydrogen-bond acceptors (Lipinski definition) is 1. The molecule has 0 aliphatic carbocycles. The molecule has 68 valence electrons. The summed E-state index contributed by atoms with van der Waals surface area (Å²) in [6, 6.07) is 7.90. The molecule has 1 rings (SSSR count). The lowest BCUT2D eigenvalue weighted by atomic mass is 10.0. The molecule has 0 spiro atoms. The van der Waals surface area contributed by atoms with Gasteiger partial charge in [0, 0.05) is 11.3 Å². The summed E-state index contributed by atoms with van der Waals surface area (Å²) >= 11 is 0. The maximum Gasteiger partial charge on any atom is 0.0393 e. The monoisotopic (exact) mass is 173 g/mol. The molecule has 0 bridgehead atoms. The summed E-state index contributed by atoms with van der Waals surface area (Å²) in [5, 5.41) is 0. The first-order chi connectivity index (χ1) is 6.29. The Labute approximate surface area is 79.6 Å². The second kappa shape index (κ2) is 4.51. The van der Waals surface area contributed by atoms with E-state index < -0.39 is 0 Å². The Bertz CT molecular complexity index is 335. The fourth-order valence-corrected chi connectivity index (χ4v) is 1.28. The highest BCUT2D eigenvalue weighted by Crippen LogP contribution is 2.21. The van der Waals surface area contributed by atoms with Crippen molar-refractivity contribution in [3.63, 3.8) is 0 Å². The summed E-state index contributed by atoms with van der Waals surface area (Å²) in [4.78, 5) is 0. The lowest BCUT2D eigenvalue weighted by molar-refractivity contribution is 1.57. The van der Waals surface area contributed by atoms with Crippen molar-refractivity contribution in [2.45, 2.75) is 13.8 Å². The summed E-state index contributed by atoms with van der Waals surface area (Å²) in [7, 11) is 0. The maximum atomic E-state index is 5.85. The molecule has 0 atom stereocenters. The molecular weight excluding hydrogens is 158 g/mol. The Balaban J connectivity index is 3.13. The third-order valence-electron chi connectivity index (χ3n) is 1.93. The molecule has 0 aromatic heterocycles. The highest BCUT2D eigenvalue weighted by molar-refractivity contribution is 5.80. The molecule has 1 aromatic carbocycles. The van der Waals surface area contributed by atoms with Crippen LogP contribution in [0.3, 0.4) is 0 Å². The highest BCUT2D eigenvalue weighted by Gasteiger charge is 1.99. The second-order valence-electron chi connectivity index (χ2n) is 2.83. The van der Waals surface area contributed by atoms with E-state index in [1.54, 1.807) is 0 Å². The van der Waals surface area contributed by atoms with Crippen molar-refractivity contribution in [2.24, 2.45) is 0 Å². The van der Waals surface area contributed by atoms with Crippen molar-refractivity contribution in [2.75, 3.05) is 5.73 Å². The lowest BCUT2D eigenvalue weighted by Crippen LogP contribution is -1.91. The minimum atomic E-state index is 0.828. The first-order valence-corrected chi connectivity index (χ1v) is 4.43. The number of hydrogen-bond donors (Lipinski definition) is 1. The predicted molar refractivity (Wildman–Crippen MR) is 59.3 cm³/mol. The van der Waals surface area contributed by atoms with Crippen molar-refractivity contribution < 1.29 is 0 Å². The molecule has 0 saturated heterocycles. The van der Waals surface area contributed by atoms with Crippen LogP contribution in [0, 0.1) is 0 Å². The van der Waals surface area contributed by atoms with E-state index >= 15 is 0 Å². The van der Waals surface area contributed by atoms with E-state index in [4.69, 9.17) is 5.73 Å². The number of rotatable bonds is 2. The molecule has 0 amide bonds. The number of benzene rings is 1. The van der Waals surface area contributed by atoms with Gasteiger partial charge < -0.3 is 5.73 Å². The highest BCUT2D eigenvalue weighted by atomic mass is 14.6. The predicted octanol–water partition coefficient (Wildman–Crippen LogP) is 3.25. The zero-order valence-electron chi connectivity index (χ0n) is 8.12. The van der Waals surface area contributed by atoms with E-state index in [0.717, 1.165) is 11.3 Å². The van der Waals surface area contributed by atoms with Gasteiger partial charge in [0.05, 0.1) is 0 Å². The first kappa shape index (κ1) is 9.59. The smallest absolute Gasteiger partial charge is 0.0393 e. The average molecular weight is 173 g/mol. The third kappa shape index (κ3) is 2.22. The largest absolute Gasteiger partial charge is 0.398 e. The zero-order chi connectivity index (χ0) is 9.68. The summed E-state index contributed by atoms with van der Waals surface area (Å²) in [5.74, 6) is 0. The van der Waals surface area contributed by atoms with Gasteiger partial charge in [-0.1, -0.05) is 36.4 Å². The minimum absolute atomic E-state index is 0.828. The SMILES string of the molecule is C/C=C\C(=C/C)c1ccccc1N. The van der Waals surface area contributed by atoms with Crippen molar-refractivity contribution in [1.29, 1.82) is 0 Å². The Morgan fingerprint density at radius 1 is 1.23 bits per heavy atom. The van der Waals surface area contributed by atoms with Crippen LogP contribution in [0.2, 0.25) is 0 Å². The molecule has 0 aliphatic rings. The van der Waals surface area contributed by atoms with Crippen LogP contribution < -0.4 is 5.73 Å². The summed E-state index contributed by atoms with van der Waals surface area (Å²) < 4.78 is 0. The van der Waals surface area contributed by atoms with Crippen molar-refractivity contribution in [3.8, 4) is 0 Å². The van der Waals surface area contributed by atoms with Crippen LogP contribution in [-0.4, -0.2) is 0 Å². The molecule has 0 radical (unpaired) electrons. The van der Waals surface area contributed by atoms with Crippen LogP contribution in [0.1, 0.15) is 19.4 Å². The van der Waals surface area contributed by atoms with Gasteiger partial charge in [0.1, 0.15) is 0 Å². The van der Waals surface area contributed by atoms with Crippen LogP contribution in [0.15, 0.2) is 42.5 Å². The van der Waals surface area contributed by atoms with Gasteiger partial charge >= 0.3 is 0 Å². The lowest BCUT2D eigenvalue weighted by Gasteiger charge is -2.05. The molecule has 1 aromatic rings. The number of allylic oxidation sites excluding steroid dienone is 4. The van der Waals surface area contributed by atoms with E-state index in [0.29, 0.717) is 0 Å². The van der Waals surface area contributed by atoms with E-state index in [-0.39, 0.29) is 0 Å². The Morgan fingerprint density at radius 2 is 1.92 bits per heavy atom. The molecule has 0 fully saturated rings. The summed E-state index contributed by atoms with van der Waals surface area (Å²) in [6.45, 7) is 4.02. The molecule has 0 saturated carbocycles. The van der Waals surface area contributed by atoms with Gasteiger partial charge in [-0.2, -0.15) is 0 Å². The van der Waals surface area contributed by atoms with Crippen molar-refractivity contribution >= 4 is 11.3 Å². The van der Waals surface area contributed by atoms with Crippen LogP contribution in [0.5, 0.6) is 0 Å². The van der Waals surface area contributed by atoms with Crippen molar-refractivity contribution in [1.82, 2.24) is 0 Å². The second-order valence-corrected chi connectivity index (χ2v) is 2.83. The van der Waals surface area contributed by atoms with Gasteiger partial charge in [0.25, 0.3) is 0 Å². The average Bonchev–Trinajstić information content (AvgIpc) is 2.16. The zero-order valence-corrected chi connectivity index (χ0v) is 8.12. The van der Waals surface area contributed by atoms with Crippen LogP contribution in [0.4, 0.5) is 5.69 Å². The molecule has 1 heteroatoms. The van der Waals surface area contributed by atoms with Crippen molar-refractivity contribution in [3.05, 3.63) is 48.1 Å². The van der Waals surface area contributed by atoms with E-state index in [2.05, 4.69) is 12.2 Å². The molecular formula is C12H15N. The van der Waals surface area contributed by atoms with Crippen LogP contribution in [-0.2, 0) is 0 Å². The normalized spacial score (nSPS) is 12.3. The Hall–Kier alpha value is -1.50. The van der Waals surface area contributed by atoms with E-state index in [1.165, 1.54) is 5.57 Å². The third-order valence-corrected chi connectivity index (χ3v) is 1.93. The number of anilines is 1. The fourth-order valence-electron chi connectivity index (χ4n) is 1.28. The van der Waals surface area contributed by atoms with Gasteiger partial charge in [-0.15, -0.1) is 0 Å². The summed E-state index contributed by atoms with van der Waals surface area (Å²) in [6.07, 6.45) is 6.14. The van der Waals surface area contributed by atoms with Gasteiger partial charge in [-0.25, -0.2) is 0 Å². The number of nitrogens with two attached hydrogens (primary N) is 1. The molecule has 13 heavy (non-hydrogen) atoms. The van der Waals surface area contributed by atoms with Gasteiger partial charge in [-0.05, 0) is 25.5 Å². The van der Waals surface area contributed by atoms with Gasteiger partial charge in [0.2, 0.25) is 0 Å². The van der Waals surface area contributed by atoms with Crippen LogP contribution in [0.25, 0.3) is 5.57 Å². The van der Waals surface area contributed by atoms with Crippen LogP contribution >= 0.6 is 0 Å². The Kier molecular flexibility index (Phi) is 3.32. The summed E-state index contributed by atoms with van der Waals surface area (Å²) in [5.41, 5.74) is 8.95. The molecule has 0 aliphatic heterocycles. The number of para-hydroxylation sites is 1. The van der Waals surface area contributed by atoms with E-state index in [9.17, 15) is 0 Å². The minimum Gasteiger partial charge on any atom is -0.398 e. The first-order valence-electron chi connectivity index (χ1n) is 4.43. The molecule has 0 heterocycles. The van der Waals surface area contributed by atoms with Gasteiger partial charge in [0.15, 0.2) is 0 Å². The maximum absolute atomic E-state index is 5.85. The Morgan fingerprint density at radius 3 is 2.46 bits per heavy atom. The number of nitrogen functional groups attached to an aromatic ring is 1. The standard InChI is InChI=1S/C12H15N/c1-3-7-10(4-2)11-8-5-6-9-12(11)13/h3-9H,13H2,1-2H3/b7-3-,10-4+. The fraction of sp³-hybridized carbons (Fsp3) is 0.167. The quantitative estimate of drug-likeness (QED) is 0.539. The topological polar surface area (TPSA) is 26.0 Å². The molecule has 2 N–H and O–H groups in total. The molecule has 0 unspecified atom stereocenters. The van der Waals surface area contributed by atoms with E-state index in [1.807, 2.05) is 44.2 Å². The van der Waals surface area contributed by atoms with Gasteiger partial charge in [-0.3, -0.25) is 0 Å².